The zero-order valence-electron chi connectivity index (χ0n) is 12.0. The van der Waals surface area contributed by atoms with Gasteiger partial charge in [-0.3, -0.25) is 0 Å². The minimum absolute atomic E-state index is 0.0329. The number of nitrogens with two attached hydrogens (primary N) is 1. The molecule has 1 aliphatic heterocycles. The SMILES string of the molecule is COC1(OC)N=C(N)[C@]2(C#N)[C@@H](c3cccc(F)c3)[C@@]12C#N. The van der Waals surface area contributed by atoms with Crippen LogP contribution in [0, 0.1) is 39.3 Å². The zero-order chi connectivity index (χ0) is 16.2. The number of halogens is 1. The summed E-state index contributed by atoms with van der Waals surface area (Å²) in [6.07, 6.45) is 0. The van der Waals surface area contributed by atoms with Crippen LogP contribution in [-0.4, -0.2) is 26.0 Å². The summed E-state index contributed by atoms with van der Waals surface area (Å²) in [5.41, 5.74) is 3.59. The van der Waals surface area contributed by atoms with Gasteiger partial charge in [-0.2, -0.15) is 10.5 Å². The lowest BCUT2D eigenvalue weighted by Gasteiger charge is -2.29. The van der Waals surface area contributed by atoms with E-state index in [0.717, 1.165) is 0 Å². The summed E-state index contributed by atoms with van der Waals surface area (Å²) in [5.74, 6) is -2.85. The van der Waals surface area contributed by atoms with Gasteiger partial charge in [0.1, 0.15) is 17.1 Å². The highest BCUT2D eigenvalue weighted by Gasteiger charge is 2.93. The maximum absolute atomic E-state index is 13.6. The Kier molecular flexibility index (Phi) is 2.80. The number of amidine groups is 1. The van der Waals surface area contributed by atoms with Gasteiger partial charge in [-0.25, -0.2) is 9.38 Å². The topological polar surface area (TPSA) is 104 Å². The van der Waals surface area contributed by atoms with Gasteiger partial charge in [0.15, 0.2) is 5.41 Å². The summed E-state index contributed by atoms with van der Waals surface area (Å²) < 4.78 is 24.2. The fraction of sp³-hybridized carbons (Fsp3) is 0.400. The van der Waals surface area contributed by atoms with Gasteiger partial charge in [-0.1, -0.05) is 12.1 Å². The van der Waals surface area contributed by atoms with Crippen molar-refractivity contribution in [3.05, 3.63) is 35.6 Å². The molecule has 3 rings (SSSR count). The lowest BCUT2D eigenvalue weighted by Crippen LogP contribution is -2.41. The molecule has 0 unspecified atom stereocenters. The first-order valence-corrected chi connectivity index (χ1v) is 6.53. The third-order valence-corrected chi connectivity index (χ3v) is 4.66. The maximum Gasteiger partial charge on any atom is 0.292 e. The molecule has 22 heavy (non-hydrogen) atoms. The van der Waals surface area contributed by atoms with Gasteiger partial charge >= 0.3 is 0 Å². The van der Waals surface area contributed by atoms with E-state index in [1.54, 1.807) is 6.07 Å². The molecule has 1 aromatic rings. The van der Waals surface area contributed by atoms with E-state index >= 15 is 0 Å². The van der Waals surface area contributed by atoms with Crippen LogP contribution in [0.5, 0.6) is 0 Å². The number of fused-ring (bicyclic) bond motifs is 1. The summed E-state index contributed by atoms with van der Waals surface area (Å²) in [4.78, 5) is 4.08. The molecule has 1 saturated carbocycles. The van der Waals surface area contributed by atoms with Crippen molar-refractivity contribution in [1.29, 1.82) is 10.5 Å². The Bertz CT molecular complexity index is 762. The molecule has 112 valence electrons. The number of methoxy groups -OCH3 is 2. The molecule has 1 fully saturated rings. The molecule has 0 bridgehead atoms. The predicted molar refractivity (Wildman–Crippen MR) is 73.6 cm³/mol. The Morgan fingerprint density at radius 3 is 2.45 bits per heavy atom. The van der Waals surface area contributed by atoms with Gasteiger partial charge in [0.05, 0.1) is 12.1 Å². The highest BCUT2D eigenvalue weighted by atomic mass is 19.1. The minimum Gasteiger partial charge on any atom is -0.386 e. The normalized spacial score (nSPS) is 34.2. The Balaban J connectivity index is 2.26. The molecule has 1 aromatic carbocycles. The van der Waals surface area contributed by atoms with Gasteiger partial charge in [0.25, 0.3) is 5.91 Å². The summed E-state index contributed by atoms with van der Waals surface area (Å²) >= 11 is 0. The van der Waals surface area contributed by atoms with Crippen molar-refractivity contribution in [3.63, 3.8) is 0 Å². The first-order chi connectivity index (χ1) is 10.5. The molecular formula is C15H13FN4O2. The second-order valence-corrected chi connectivity index (χ2v) is 5.31. The number of aliphatic imine (C=N–C) groups is 1. The predicted octanol–water partition coefficient (Wildman–Crippen LogP) is 1.26. The van der Waals surface area contributed by atoms with Crippen LogP contribution in [0.3, 0.4) is 0 Å². The number of hydrogen-bond donors (Lipinski definition) is 1. The Morgan fingerprint density at radius 1 is 1.27 bits per heavy atom. The monoisotopic (exact) mass is 300 g/mol. The second kappa shape index (κ2) is 4.26. The van der Waals surface area contributed by atoms with Gasteiger partial charge in [-0.05, 0) is 17.7 Å². The number of nitriles is 2. The largest absolute Gasteiger partial charge is 0.386 e. The Morgan fingerprint density at radius 2 is 1.95 bits per heavy atom. The van der Waals surface area contributed by atoms with Crippen LogP contribution in [0.1, 0.15) is 11.5 Å². The van der Waals surface area contributed by atoms with Crippen molar-refractivity contribution < 1.29 is 13.9 Å². The smallest absolute Gasteiger partial charge is 0.292 e. The Hall–Kier alpha value is -2.48. The van der Waals surface area contributed by atoms with Gasteiger partial charge in [0, 0.05) is 20.1 Å². The number of nitrogens with zero attached hydrogens (tertiary/aromatic N) is 3. The van der Waals surface area contributed by atoms with Crippen molar-refractivity contribution in [2.75, 3.05) is 14.2 Å². The van der Waals surface area contributed by atoms with Crippen molar-refractivity contribution in [2.24, 2.45) is 21.6 Å². The molecule has 2 aliphatic rings. The van der Waals surface area contributed by atoms with Gasteiger partial charge in [-0.15, -0.1) is 0 Å². The molecule has 0 aromatic heterocycles. The van der Waals surface area contributed by atoms with Crippen LogP contribution in [0.25, 0.3) is 0 Å². The summed E-state index contributed by atoms with van der Waals surface area (Å²) in [7, 11) is 2.65. The third-order valence-electron chi connectivity index (χ3n) is 4.66. The molecule has 2 N–H and O–H groups in total. The lowest BCUT2D eigenvalue weighted by molar-refractivity contribution is -0.230. The van der Waals surface area contributed by atoms with Gasteiger partial charge in [0.2, 0.25) is 0 Å². The van der Waals surface area contributed by atoms with E-state index in [0.29, 0.717) is 5.56 Å². The third kappa shape index (κ3) is 1.22. The fourth-order valence-electron chi connectivity index (χ4n) is 3.71. The van der Waals surface area contributed by atoms with Crippen molar-refractivity contribution >= 4 is 5.84 Å². The van der Waals surface area contributed by atoms with Crippen molar-refractivity contribution in [1.82, 2.24) is 0 Å². The number of ether oxygens (including phenoxy) is 2. The van der Waals surface area contributed by atoms with Crippen LogP contribution in [0.15, 0.2) is 29.3 Å². The average Bonchev–Trinajstić information content (AvgIpc) is 3.11. The summed E-state index contributed by atoms with van der Waals surface area (Å²) in [6.45, 7) is 0. The molecule has 0 radical (unpaired) electrons. The molecule has 0 amide bonds. The van der Waals surface area contributed by atoms with E-state index < -0.39 is 28.5 Å². The molecule has 0 spiro atoms. The van der Waals surface area contributed by atoms with E-state index in [4.69, 9.17) is 15.2 Å². The molecule has 7 heteroatoms. The van der Waals surface area contributed by atoms with Crippen LogP contribution < -0.4 is 5.73 Å². The number of hydrogen-bond acceptors (Lipinski definition) is 6. The molecule has 1 aliphatic carbocycles. The summed E-state index contributed by atoms with van der Waals surface area (Å²) in [5, 5.41) is 19.5. The quantitative estimate of drug-likeness (QED) is 0.846. The standard InChI is InChI=1S/C15H13FN4O2/c1-21-15(22-2)14(8-18)11(9-4-3-5-10(16)6-9)13(14,7-17)12(19)20-15/h3-6,11H,1-2H3,(H2,19,20)/t11-,13+,14-/m1/s1. The van der Waals surface area contributed by atoms with E-state index in [1.807, 2.05) is 0 Å². The Labute approximate surface area is 126 Å². The van der Waals surface area contributed by atoms with E-state index in [-0.39, 0.29) is 5.84 Å². The maximum atomic E-state index is 13.6. The molecule has 3 atom stereocenters. The first-order valence-electron chi connectivity index (χ1n) is 6.53. The fourth-order valence-corrected chi connectivity index (χ4v) is 3.71. The zero-order valence-corrected chi connectivity index (χ0v) is 12.0. The molecule has 1 heterocycles. The molecular weight excluding hydrogens is 287 g/mol. The highest BCUT2D eigenvalue weighted by Crippen LogP contribution is 2.81. The van der Waals surface area contributed by atoms with Crippen LogP contribution in [0.2, 0.25) is 0 Å². The number of benzene rings is 1. The summed E-state index contributed by atoms with van der Waals surface area (Å²) in [6, 6.07) is 9.93. The van der Waals surface area contributed by atoms with Crippen LogP contribution >= 0.6 is 0 Å². The first kappa shape index (κ1) is 14.5. The minimum atomic E-state index is -1.68. The van der Waals surface area contributed by atoms with Crippen LogP contribution in [-0.2, 0) is 9.47 Å². The van der Waals surface area contributed by atoms with E-state index in [2.05, 4.69) is 17.1 Å². The molecule has 6 nitrogen and oxygen atoms in total. The molecule has 0 saturated heterocycles. The van der Waals surface area contributed by atoms with E-state index in [9.17, 15) is 14.9 Å². The second-order valence-electron chi connectivity index (χ2n) is 5.31. The number of rotatable bonds is 3. The van der Waals surface area contributed by atoms with Crippen molar-refractivity contribution in [3.8, 4) is 12.1 Å². The van der Waals surface area contributed by atoms with Crippen molar-refractivity contribution in [2.45, 2.75) is 11.8 Å². The van der Waals surface area contributed by atoms with Crippen LogP contribution in [0.4, 0.5) is 4.39 Å². The highest BCUT2D eigenvalue weighted by molar-refractivity contribution is 6.00. The average molecular weight is 300 g/mol. The van der Waals surface area contributed by atoms with E-state index in [1.165, 1.54) is 32.4 Å². The van der Waals surface area contributed by atoms with Gasteiger partial charge < -0.3 is 15.2 Å². The lowest BCUT2D eigenvalue weighted by atomic mass is 9.93.